The van der Waals surface area contributed by atoms with Gasteiger partial charge in [0.1, 0.15) is 6.20 Å². The minimum Gasteiger partial charge on any atom is -0.399 e. The lowest BCUT2D eigenvalue weighted by molar-refractivity contribution is 0.750. The molecule has 15 heavy (non-hydrogen) atoms. The summed E-state index contributed by atoms with van der Waals surface area (Å²) in [6, 6.07) is 6.65. The lowest BCUT2D eigenvalue weighted by Crippen LogP contribution is -2.30. The van der Waals surface area contributed by atoms with Crippen molar-refractivity contribution >= 4 is 5.69 Å². The maximum Gasteiger partial charge on any atom is 0.349 e. The topological polar surface area (TPSA) is 93.8 Å². The van der Waals surface area contributed by atoms with Gasteiger partial charge in [-0.1, -0.05) is 6.07 Å². The van der Waals surface area contributed by atoms with Crippen LogP contribution in [0.2, 0.25) is 0 Å². The Hall–Kier alpha value is -2.37. The van der Waals surface area contributed by atoms with Gasteiger partial charge in [-0.3, -0.25) is 9.78 Å². The number of nitrogens with zero attached hydrogens (tertiary/aromatic N) is 2. The van der Waals surface area contributed by atoms with E-state index in [4.69, 9.17) is 5.73 Å². The molecule has 6 nitrogen and oxygen atoms in total. The number of nitrogen functional groups attached to an aromatic ring is 1. The van der Waals surface area contributed by atoms with Crippen LogP contribution in [-0.4, -0.2) is 14.8 Å². The van der Waals surface area contributed by atoms with Crippen molar-refractivity contribution in [2.24, 2.45) is 0 Å². The first-order valence-corrected chi connectivity index (χ1v) is 4.21. The van der Waals surface area contributed by atoms with Crippen molar-refractivity contribution < 1.29 is 0 Å². The first-order chi connectivity index (χ1) is 7.16. The smallest absolute Gasteiger partial charge is 0.349 e. The summed E-state index contributed by atoms with van der Waals surface area (Å²) >= 11 is 0. The van der Waals surface area contributed by atoms with E-state index in [0.29, 0.717) is 11.4 Å². The van der Waals surface area contributed by atoms with Gasteiger partial charge in [0.25, 0.3) is 5.56 Å². The summed E-state index contributed by atoms with van der Waals surface area (Å²) in [6.45, 7) is 0. The molecule has 0 aliphatic carbocycles. The minimum atomic E-state index is -0.590. The van der Waals surface area contributed by atoms with E-state index in [-0.39, 0.29) is 0 Å². The van der Waals surface area contributed by atoms with E-state index in [9.17, 15) is 9.59 Å². The predicted octanol–water partition coefficient (Wildman–Crippen LogP) is -0.497. The van der Waals surface area contributed by atoms with E-state index < -0.39 is 11.2 Å². The highest BCUT2D eigenvalue weighted by Crippen LogP contribution is 2.07. The summed E-state index contributed by atoms with van der Waals surface area (Å²) in [6.07, 6.45) is 1.03. The van der Waals surface area contributed by atoms with Crippen LogP contribution in [0.4, 0.5) is 5.69 Å². The van der Waals surface area contributed by atoms with Crippen LogP contribution in [0.5, 0.6) is 0 Å². The number of aromatic amines is 1. The average molecular weight is 204 g/mol. The van der Waals surface area contributed by atoms with Crippen molar-refractivity contribution in [1.29, 1.82) is 0 Å². The molecule has 3 N–H and O–H groups in total. The van der Waals surface area contributed by atoms with Gasteiger partial charge in [-0.05, 0) is 18.2 Å². The normalized spacial score (nSPS) is 10.1. The molecule has 1 aromatic heterocycles. The third kappa shape index (κ3) is 1.78. The van der Waals surface area contributed by atoms with Crippen molar-refractivity contribution in [1.82, 2.24) is 14.8 Å². The Morgan fingerprint density at radius 3 is 2.80 bits per heavy atom. The zero-order chi connectivity index (χ0) is 10.8. The van der Waals surface area contributed by atoms with E-state index in [1.807, 2.05) is 0 Å². The largest absolute Gasteiger partial charge is 0.399 e. The number of aromatic nitrogens is 3. The highest BCUT2D eigenvalue weighted by atomic mass is 16.2. The van der Waals surface area contributed by atoms with E-state index in [1.54, 1.807) is 24.3 Å². The summed E-state index contributed by atoms with van der Waals surface area (Å²) in [5.41, 5.74) is 5.47. The van der Waals surface area contributed by atoms with Crippen LogP contribution in [0.3, 0.4) is 0 Å². The van der Waals surface area contributed by atoms with Gasteiger partial charge >= 0.3 is 5.69 Å². The van der Waals surface area contributed by atoms with Gasteiger partial charge in [0.05, 0.1) is 5.69 Å². The second-order valence-corrected chi connectivity index (χ2v) is 2.95. The molecule has 76 valence electrons. The standard InChI is InChI=1S/C9H8N4O2/c10-6-2-1-3-7(4-6)13-9(15)12-8(14)5-11-13/h1-5H,10H2,(H,12,14,15). The molecule has 0 atom stereocenters. The SMILES string of the molecule is Nc1cccc(-n2ncc(=O)[nH]c2=O)c1. The Kier molecular flexibility index (Phi) is 2.09. The van der Waals surface area contributed by atoms with E-state index in [1.165, 1.54) is 0 Å². The van der Waals surface area contributed by atoms with Gasteiger partial charge in [-0.25, -0.2) is 4.79 Å². The molecule has 0 bridgehead atoms. The average Bonchev–Trinajstić information content (AvgIpc) is 2.17. The molecule has 1 aromatic carbocycles. The Bertz CT molecular complexity index is 599. The molecule has 0 aliphatic rings. The lowest BCUT2D eigenvalue weighted by atomic mass is 10.3. The number of benzene rings is 1. The first-order valence-electron chi connectivity index (χ1n) is 4.21. The molecular weight excluding hydrogens is 196 g/mol. The maximum absolute atomic E-state index is 11.4. The molecule has 6 heteroatoms. The number of anilines is 1. The second kappa shape index (κ2) is 3.41. The molecular formula is C9H8N4O2. The van der Waals surface area contributed by atoms with Crippen molar-refractivity contribution in [3.63, 3.8) is 0 Å². The van der Waals surface area contributed by atoms with Crippen LogP contribution in [0.1, 0.15) is 0 Å². The van der Waals surface area contributed by atoms with Crippen LogP contribution in [-0.2, 0) is 0 Å². The quantitative estimate of drug-likeness (QED) is 0.612. The fourth-order valence-corrected chi connectivity index (χ4v) is 1.19. The fourth-order valence-electron chi connectivity index (χ4n) is 1.19. The molecule has 1 heterocycles. The van der Waals surface area contributed by atoms with Crippen LogP contribution in [0.25, 0.3) is 5.69 Å². The Morgan fingerprint density at radius 2 is 2.13 bits per heavy atom. The summed E-state index contributed by atoms with van der Waals surface area (Å²) in [5, 5.41) is 3.69. The van der Waals surface area contributed by atoms with Gasteiger partial charge in [-0.15, -0.1) is 0 Å². The predicted molar refractivity (Wildman–Crippen MR) is 54.9 cm³/mol. The Balaban J connectivity index is 2.64. The number of nitrogens with one attached hydrogen (secondary N) is 1. The third-order valence-electron chi connectivity index (χ3n) is 1.83. The number of rotatable bonds is 1. The van der Waals surface area contributed by atoms with E-state index in [2.05, 4.69) is 10.1 Å². The highest BCUT2D eigenvalue weighted by Gasteiger charge is 2.00. The highest BCUT2D eigenvalue weighted by molar-refractivity contribution is 5.46. The van der Waals surface area contributed by atoms with Gasteiger partial charge in [0, 0.05) is 5.69 Å². The molecule has 0 aliphatic heterocycles. The third-order valence-corrected chi connectivity index (χ3v) is 1.83. The summed E-state index contributed by atoms with van der Waals surface area (Å²) < 4.78 is 1.07. The van der Waals surface area contributed by atoms with Gasteiger partial charge in [0.15, 0.2) is 0 Å². The van der Waals surface area contributed by atoms with Crippen molar-refractivity contribution in [2.75, 3.05) is 5.73 Å². The summed E-state index contributed by atoms with van der Waals surface area (Å²) in [4.78, 5) is 24.2. The molecule has 0 saturated carbocycles. The lowest BCUT2D eigenvalue weighted by Gasteiger charge is -2.02. The molecule has 0 amide bonds. The van der Waals surface area contributed by atoms with Crippen LogP contribution < -0.4 is 17.0 Å². The van der Waals surface area contributed by atoms with Crippen LogP contribution in [0, 0.1) is 0 Å². The van der Waals surface area contributed by atoms with Crippen molar-refractivity contribution in [2.45, 2.75) is 0 Å². The molecule has 2 rings (SSSR count). The minimum absolute atomic E-state index is 0.510. The molecule has 2 aromatic rings. The first kappa shape index (κ1) is 9.20. The van der Waals surface area contributed by atoms with E-state index >= 15 is 0 Å². The Labute approximate surface area is 84.0 Å². The van der Waals surface area contributed by atoms with E-state index in [0.717, 1.165) is 10.9 Å². The number of nitrogens with two attached hydrogens (primary N) is 1. The second-order valence-electron chi connectivity index (χ2n) is 2.95. The van der Waals surface area contributed by atoms with Crippen LogP contribution in [0.15, 0.2) is 40.1 Å². The van der Waals surface area contributed by atoms with Gasteiger partial charge in [0.2, 0.25) is 0 Å². The summed E-state index contributed by atoms with van der Waals surface area (Å²) in [7, 11) is 0. The molecule has 0 unspecified atom stereocenters. The molecule has 0 spiro atoms. The fraction of sp³-hybridized carbons (Fsp3) is 0. The number of hydrogen-bond acceptors (Lipinski definition) is 4. The monoisotopic (exact) mass is 204 g/mol. The molecule has 0 saturated heterocycles. The molecule has 0 radical (unpaired) electrons. The number of H-pyrrole nitrogens is 1. The van der Waals surface area contributed by atoms with Gasteiger partial charge < -0.3 is 5.73 Å². The maximum atomic E-state index is 11.4. The summed E-state index contributed by atoms with van der Waals surface area (Å²) in [5.74, 6) is 0. The van der Waals surface area contributed by atoms with Crippen LogP contribution >= 0.6 is 0 Å². The number of hydrogen-bond donors (Lipinski definition) is 2. The molecule has 0 fully saturated rings. The van der Waals surface area contributed by atoms with Crippen molar-refractivity contribution in [3.05, 3.63) is 51.3 Å². The zero-order valence-corrected chi connectivity index (χ0v) is 7.68. The zero-order valence-electron chi connectivity index (χ0n) is 7.68. The van der Waals surface area contributed by atoms with Gasteiger partial charge in [-0.2, -0.15) is 9.78 Å². The Morgan fingerprint density at radius 1 is 1.33 bits per heavy atom. The van der Waals surface area contributed by atoms with Crippen molar-refractivity contribution in [3.8, 4) is 5.69 Å².